The maximum atomic E-state index is 8.92. The molecule has 2 N–H and O–H groups in total. The van der Waals surface area contributed by atoms with E-state index in [1.165, 1.54) is 32.1 Å². The molecule has 1 rings (SSSR count). The van der Waals surface area contributed by atoms with E-state index in [4.69, 9.17) is 5.11 Å². The van der Waals surface area contributed by atoms with Crippen molar-refractivity contribution in [3.63, 3.8) is 0 Å². The van der Waals surface area contributed by atoms with Crippen LogP contribution >= 0.6 is 0 Å². The Kier molecular flexibility index (Phi) is 6.26. The van der Waals surface area contributed by atoms with Gasteiger partial charge in [-0.15, -0.1) is 0 Å². The molecule has 90 valence electrons. The molecular weight excluding hydrogens is 186 g/mol. The summed E-state index contributed by atoms with van der Waals surface area (Å²) in [7, 11) is 0. The molecule has 1 aliphatic rings. The smallest absolute Gasteiger partial charge is 0.0434 e. The van der Waals surface area contributed by atoms with Crippen molar-refractivity contribution in [1.29, 1.82) is 0 Å². The van der Waals surface area contributed by atoms with Gasteiger partial charge in [-0.3, -0.25) is 0 Å². The summed E-state index contributed by atoms with van der Waals surface area (Å²) in [6.45, 7) is 6.00. The lowest BCUT2D eigenvalue weighted by molar-refractivity contribution is 0.237. The maximum Gasteiger partial charge on any atom is 0.0434 e. The average Bonchev–Trinajstić information content (AvgIpc) is 2.24. The van der Waals surface area contributed by atoms with E-state index in [2.05, 4.69) is 19.2 Å². The van der Waals surface area contributed by atoms with E-state index in [1.54, 1.807) is 0 Å². The van der Waals surface area contributed by atoms with Crippen molar-refractivity contribution in [3.8, 4) is 0 Å². The average molecular weight is 213 g/mol. The van der Waals surface area contributed by atoms with Gasteiger partial charge in [-0.05, 0) is 37.6 Å². The maximum absolute atomic E-state index is 8.92. The van der Waals surface area contributed by atoms with Crippen LogP contribution in [0.15, 0.2) is 0 Å². The summed E-state index contributed by atoms with van der Waals surface area (Å²) in [5.74, 6) is 1.56. The lowest BCUT2D eigenvalue weighted by atomic mass is 9.87. The number of hydrogen-bond acceptors (Lipinski definition) is 2. The number of hydrogen-bond donors (Lipinski definition) is 2. The largest absolute Gasteiger partial charge is 0.396 e. The standard InChI is InChI=1S/C13H27NO/c1-3-12(7-8-15)10-14-13-6-4-5-11(2)9-13/h11-15H,3-10H2,1-2H3. The number of rotatable bonds is 6. The quantitative estimate of drug-likeness (QED) is 0.711. The Morgan fingerprint density at radius 2 is 2.20 bits per heavy atom. The van der Waals surface area contributed by atoms with Crippen LogP contribution in [-0.4, -0.2) is 24.3 Å². The summed E-state index contributed by atoms with van der Waals surface area (Å²) in [6.07, 6.45) is 7.61. The van der Waals surface area contributed by atoms with Crippen LogP contribution in [0.3, 0.4) is 0 Å². The van der Waals surface area contributed by atoms with Crippen molar-refractivity contribution in [2.24, 2.45) is 11.8 Å². The topological polar surface area (TPSA) is 32.3 Å². The van der Waals surface area contributed by atoms with Crippen molar-refractivity contribution in [1.82, 2.24) is 5.32 Å². The Labute approximate surface area is 94.5 Å². The molecule has 0 heterocycles. The Morgan fingerprint density at radius 1 is 1.40 bits per heavy atom. The second-order valence-corrected chi connectivity index (χ2v) is 5.16. The predicted molar refractivity (Wildman–Crippen MR) is 64.9 cm³/mol. The van der Waals surface area contributed by atoms with Crippen LogP contribution in [-0.2, 0) is 0 Å². The Hall–Kier alpha value is -0.0800. The first kappa shape index (κ1) is 13.0. The van der Waals surface area contributed by atoms with Crippen LogP contribution in [0.1, 0.15) is 52.4 Å². The first-order valence-corrected chi connectivity index (χ1v) is 6.60. The fourth-order valence-corrected chi connectivity index (χ4v) is 2.59. The third-order valence-corrected chi connectivity index (χ3v) is 3.75. The molecule has 0 bridgehead atoms. The summed E-state index contributed by atoms with van der Waals surface area (Å²) < 4.78 is 0. The highest BCUT2D eigenvalue weighted by Crippen LogP contribution is 2.23. The van der Waals surface area contributed by atoms with Gasteiger partial charge in [0.15, 0.2) is 0 Å². The molecule has 0 aromatic heterocycles. The van der Waals surface area contributed by atoms with Crippen LogP contribution in [0, 0.1) is 11.8 Å². The van der Waals surface area contributed by atoms with Gasteiger partial charge in [-0.25, -0.2) is 0 Å². The van der Waals surface area contributed by atoms with Gasteiger partial charge in [0.2, 0.25) is 0 Å². The van der Waals surface area contributed by atoms with E-state index in [0.717, 1.165) is 24.9 Å². The minimum atomic E-state index is 0.335. The van der Waals surface area contributed by atoms with E-state index in [-0.39, 0.29) is 0 Å². The molecular formula is C13H27NO. The van der Waals surface area contributed by atoms with Crippen LogP contribution in [0.25, 0.3) is 0 Å². The van der Waals surface area contributed by atoms with Gasteiger partial charge in [0.05, 0.1) is 0 Å². The first-order valence-electron chi connectivity index (χ1n) is 6.60. The molecule has 3 atom stereocenters. The molecule has 0 saturated heterocycles. The number of aliphatic hydroxyl groups is 1. The molecule has 0 amide bonds. The van der Waals surface area contributed by atoms with Crippen LogP contribution in [0.2, 0.25) is 0 Å². The van der Waals surface area contributed by atoms with Gasteiger partial charge in [0.1, 0.15) is 0 Å². The summed E-state index contributed by atoms with van der Waals surface area (Å²) >= 11 is 0. The van der Waals surface area contributed by atoms with Crippen molar-refractivity contribution in [3.05, 3.63) is 0 Å². The Morgan fingerprint density at radius 3 is 2.80 bits per heavy atom. The van der Waals surface area contributed by atoms with Gasteiger partial charge >= 0.3 is 0 Å². The molecule has 0 aromatic rings. The molecule has 0 aromatic carbocycles. The fourth-order valence-electron chi connectivity index (χ4n) is 2.59. The zero-order valence-corrected chi connectivity index (χ0v) is 10.3. The molecule has 1 saturated carbocycles. The number of nitrogens with one attached hydrogen (secondary N) is 1. The van der Waals surface area contributed by atoms with E-state index >= 15 is 0 Å². The van der Waals surface area contributed by atoms with Gasteiger partial charge < -0.3 is 10.4 Å². The zero-order chi connectivity index (χ0) is 11.1. The van der Waals surface area contributed by atoms with Crippen molar-refractivity contribution in [2.45, 2.75) is 58.4 Å². The van der Waals surface area contributed by atoms with Gasteiger partial charge in [-0.2, -0.15) is 0 Å². The summed E-state index contributed by atoms with van der Waals surface area (Å²) in [6, 6.07) is 0.737. The highest BCUT2D eigenvalue weighted by atomic mass is 16.3. The van der Waals surface area contributed by atoms with E-state index in [9.17, 15) is 0 Å². The first-order chi connectivity index (χ1) is 7.26. The molecule has 2 heteroatoms. The second-order valence-electron chi connectivity index (χ2n) is 5.16. The molecule has 0 spiro atoms. The highest BCUT2D eigenvalue weighted by Gasteiger charge is 2.18. The molecule has 1 fully saturated rings. The number of aliphatic hydroxyl groups excluding tert-OH is 1. The summed E-state index contributed by atoms with van der Waals surface area (Å²) in [5.41, 5.74) is 0. The predicted octanol–water partition coefficient (Wildman–Crippen LogP) is 2.56. The Balaban J connectivity index is 2.16. The van der Waals surface area contributed by atoms with Gasteiger partial charge in [0, 0.05) is 12.6 Å². The fraction of sp³-hybridized carbons (Fsp3) is 1.00. The summed E-state index contributed by atoms with van der Waals surface area (Å²) in [4.78, 5) is 0. The van der Waals surface area contributed by atoms with Gasteiger partial charge in [0.25, 0.3) is 0 Å². The molecule has 0 aliphatic heterocycles. The van der Waals surface area contributed by atoms with E-state index < -0.39 is 0 Å². The molecule has 2 nitrogen and oxygen atoms in total. The monoisotopic (exact) mass is 213 g/mol. The minimum Gasteiger partial charge on any atom is -0.396 e. The van der Waals surface area contributed by atoms with Gasteiger partial charge in [-0.1, -0.05) is 33.1 Å². The van der Waals surface area contributed by atoms with E-state index in [1.807, 2.05) is 0 Å². The zero-order valence-electron chi connectivity index (χ0n) is 10.3. The lowest BCUT2D eigenvalue weighted by Crippen LogP contribution is -2.36. The molecule has 3 unspecified atom stereocenters. The van der Waals surface area contributed by atoms with Crippen LogP contribution in [0.5, 0.6) is 0 Å². The van der Waals surface area contributed by atoms with Crippen molar-refractivity contribution < 1.29 is 5.11 Å². The third-order valence-electron chi connectivity index (χ3n) is 3.75. The minimum absolute atomic E-state index is 0.335. The normalized spacial score (nSPS) is 29.0. The van der Waals surface area contributed by atoms with E-state index in [0.29, 0.717) is 12.5 Å². The lowest BCUT2D eigenvalue weighted by Gasteiger charge is -2.29. The summed E-state index contributed by atoms with van der Waals surface area (Å²) in [5, 5.41) is 12.6. The molecule has 0 radical (unpaired) electrons. The van der Waals surface area contributed by atoms with Crippen molar-refractivity contribution in [2.75, 3.05) is 13.2 Å². The van der Waals surface area contributed by atoms with Crippen molar-refractivity contribution >= 4 is 0 Å². The molecule has 15 heavy (non-hydrogen) atoms. The highest BCUT2D eigenvalue weighted by molar-refractivity contribution is 4.76. The molecule has 1 aliphatic carbocycles. The Bertz CT molecular complexity index is 161. The third kappa shape index (κ3) is 4.98. The van der Waals surface area contributed by atoms with Crippen LogP contribution in [0.4, 0.5) is 0 Å². The SMILES string of the molecule is CCC(CCO)CNC1CCCC(C)C1. The van der Waals surface area contributed by atoms with Crippen LogP contribution < -0.4 is 5.32 Å². The second kappa shape index (κ2) is 7.24.